The van der Waals surface area contributed by atoms with Gasteiger partial charge in [-0.2, -0.15) is 0 Å². The highest BCUT2D eigenvalue weighted by Gasteiger charge is 2.14. The number of nitrogens with zero attached hydrogens (tertiary/aromatic N) is 2. The number of hydrogen-bond acceptors (Lipinski definition) is 4. The standard InChI is InChI=1S/C17H17FN2O3/c18-12-5-7-14(8-6-12)23-11-13(22)9-20-16-4-2-1-3-15(16)19-17(20)10-21/h1-8,13,21-22H,9-11H2/t13-/m0/s1. The Morgan fingerprint density at radius 2 is 1.87 bits per heavy atom. The minimum absolute atomic E-state index is 0.0585. The first kappa shape index (κ1) is 15.5. The minimum atomic E-state index is -0.789. The molecule has 0 unspecified atom stereocenters. The molecule has 3 rings (SSSR count). The highest BCUT2D eigenvalue weighted by atomic mass is 19.1. The van der Waals surface area contributed by atoms with Crippen molar-refractivity contribution in [3.05, 3.63) is 60.2 Å². The molecule has 1 aromatic heterocycles. The van der Waals surface area contributed by atoms with E-state index in [1.807, 2.05) is 24.3 Å². The first-order valence-corrected chi connectivity index (χ1v) is 7.29. The molecule has 0 amide bonds. The summed E-state index contributed by atoms with van der Waals surface area (Å²) in [5, 5.41) is 19.6. The van der Waals surface area contributed by atoms with Crippen LogP contribution in [0.15, 0.2) is 48.5 Å². The molecule has 1 heterocycles. The number of fused-ring (bicyclic) bond motifs is 1. The van der Waals surface area contributed by atoms with Gasteiger partial charge in [0.2, 0.25) is 0 Å². The van der Waals surface area contributed by atoms with Gasteiger partial charge in [0.25, 0.3) is 0 Å². The second-order valence-electron chi connectivity index (χ2n) is 5.20. The molecule has 0 saturated carbocycles. The summed E-state index contributed by atoms with van der Waals surface area (Å²) in [6.07, 6.45) is -0.789. The first-order chi connectivity index (χ1) is 11.2. The maximum atomic E-state index is 12.8. The summed E-state index contributed by atoms with van der Waals surface area (Å²) in [7, 11) is 0. The van der Waals surface area contributed by atoms with Crippen LogP contribution in [0.3, 0.4) is 0 Å². The molecule has 5 nitrogen and oxygen atoms in total. The molecule has 3 aromatic rings. The predicted molar refractivity (Wildman–Crippen MR) is 83.6 cm³/mol. The maximum absolute atomic E-state index is 12.8. The lowest BCUT2D eigenvalue weighted by Gasteiger charge is -2.15. The Balaban J connectivity index is 1.70. The molecule has 0 saturated heterocycles. The lowest BCUT2D eigenvalue weighted by molar-refractivity contribution is 0.0914. The molecule has 0 aliphatic carbocycles. The van der Waals surface area contributed by atoms with Crippen molar-refractivity contribution in [2.75, 3.05) is 6.61 Å². The fourth-order valence-electron chi connectivity index (χ4n) is 2.44. The van der Waals surface area contributed by atoms with E-state index in [1.165, 1.54) is 24.3 Å². The molecule has 120 valence electrons. The Kier molecular flexibility index (Phi) is 4.55. The van der Waals surface area contributed by atoms with Gasteiger partial charge in [-0.1, -0.05) is 12.1 Å². The van der Waals surface area contributed by atoms with Crippen LogP contribution >= 0.6 is 0 Å². The quantitative estimate of drug-likeness (QED) is 0.731. The summed E-state index contributed by atoms with van der Waals surface area (Å²) in [5.41, 5.74) is 1.61. The number of imidazole rings is 1. The van der Waals surface area contributed by atoms with Crippen molar-refractivity contribution in [1.29, 1.82) is 0 Å². The monoisotopic (exact) mass is 316 g/mol. The molecule has 0 bridgehead atoms. The van der Waals surface area contributed by atoms with Gasteiger partial charge in [-0.25, -0.2) is 9.37 Å². The summed E-state index contributed by atoms with van der Waals surface area (Å²) < 4.78 is 20.0. The number of hydrogen-bond donors (Lipinski definition) is 2. The van der Waals surface area contributed by atoms with E-state index in [9.17, 15) is 14.6 Å². The molecule has 6 heteroatoms. The van der Waals surface area contributed by atoms with Gasteiger partial charge in [-0.05, 0) is 36.4 Å². The van der Waals surface area contributed by atoms with E-state index in [0.29, 0.717) is 11.6 Å². The largest absolute Gasteiger partial charge is 0.491 e. The number of halogens is 1. The molecule has 2 aromatic carbocycles. The van der Waals surface area contributed by atoms with Crippen molar-refractivity contribution < 1.29 is 19.3 Å². The zero-order chi connectivity index (χ0) is 16.2. The molecule has 0 fully saturated rings. The second-order valence-corrected chi connectivity index (χ2v) is 5.20. The van der Waals surface area contributed by atoms with Gasteiger partial charge >= 0.3 is 0 Å². The van der Waals surface area contributed by atoms with E-state index in [1.54, 1.807) is 4.57 Å². The Morgan fingerprint density at radius 3 is 2.61 bits per heavy atom. The number of aromatic nitrogens is 2. The SMILES string of the molecule is OCc1nc2ccccc2n1C[C@H](O)COc1ccc(F)cc1. The van der Waals surface area contributed by atoms with Crippen molar-refractivity contribution in [3.8, 4) is 5.75 Å². The molecule has 23 heavy (non-hydrogen) atoms. The van der Waals surface area contributed by atoms with Crippen LogP contribution in [0.4, 0.5) is 4.39 Å². The summed E-state index contributed by atoms with van der Waals surface area (Å²) >= 11 is 0. The van der Waals surface area contributed by atoms with Gasteiger partial charge in [0, 0.05) is 0 Å². The second kappa shape index (κ2) is 6.76. The van der Waals surface area contributed by atoms with Gasteiger partial charge in [-0.15, -0.1) is 0 Å². The van der Waals surface area contributed by atoms with Crippen LogP contribution in [-0.2, 0) is 13.2 Å². The van der Waals surface area contributed by atoms with Crippen LogP contribution in [0.2, 0.25) is 0 Å². The van der Waals surface area contributed by atoms with Gasteiger partial charge in [-0.3, -0.25) is 0 Å². The topological polar surface area (TPSA) is 67.5 Å². The number of ether oxygens (including phenoxy) is 1. The lowest BCUT2D eigenvalue weighted by Crippen LogP contribution is -2.24. The summed E-state index contributed by atoms with van der Waals surface area (Å²) in [6, 6.07) is 13.1. The fourth-order valence-corrected chi connectivity index (χ4v) is 2.44. The molecule has 0 aliphatic rings. The lowest BCUT2D eigenvalue weighted by atomic mass is 10.3. The van der Waals surface area contributed by atoms with E-state index in [4.69, 9.17) is 4.74 Å². The Bertz CT molecular complexity index is 786. The van der Waals surface area contributed by atoms with Crippen molar-refractivity contribution >= 4 is 11.0 Å². The number of aliphatic hydroxyl groups is 2. The smallest absolute Gasteiger partial charge is 0.135 e. The van der Waals surface area contributed by atoms with Crippen molar-refractivity contribution in [2.24, 2.45) is 0 Å². The number of rotatable bonds is 6. The first-order valence-electron chi connectivity index (χ1n) is 7.29. The van der Waals surface area contributed by atoms with E-state index in [2.05, 4.69) is 4.98 Å². The van der Waals surface area contributed by atoms with Crippen LogP contribution in [-0.4, -0.2) is 32.5 Å². The average Bonchev–Trinajstić information content (AvgIpc) is 2.92. The Labute approximate surface area is 132 Å². The molecule has 1 atom stereocenters. The maximum Gasteiger partial charge on any atom is 0.135 e. The molecule has 0 radical (unpaired) electrons. The van der Waals surface area contributed by atoms with Crippen molar-refractivity contribution in [3.63, 3.8) is 0 Å². The van der Waals surface area contributed by atoms with Crippen LogP contribution in [0, 0.1) is 5.82 Å². The summed E-state index contributed by atoms with van der Waals surface area (Å²) in [5.74, 6) is 0.644. The number of para-hydroxylation sites is 2. The highest BCUT2D eigenvalue weighted by molar-refractivity contribution is 5.75. The number of aliphatic hydroxyl groups excluding tert-OH is 2. The summed E-state index contributed by atoms with van der Waals surface area (Å²) in [6.45, 7) is 0.0980. The summed E-state index contributed by atoms with van der Waals surface area (Å²) in [4.78, 5) is 4.33. The van der Waals surface area contributed by atoms with Gasteiger partial charge in [0.15, 0.2) is 0 Å². The number of benzene rings is 2. The predicted octanol–water partition coefficient (Wildman–Crippen LogP) is 2.11. The average molecular weight is 316 g/mol. The molecule has 0 spiro atoms. The minimum Gasteiger partial charge on any atom is -0.491 e. The normalized spacial score (nSPS) is 12.5. The van der Waals surface area contributed by atoms with Crippen LogP contribution in [0.1, 0.15) is 5.82 Å². The highest BCUT2D eigenvalue weighted by Crippen LogP contribution is 2.17. The molecule has 0 aliphatic heterocycles. The third-order valence-electron chi connectivity index (χ3n) is 3.52. The third kappa shape index (κ3) is 3.49. The van der Waals surface area contributed by atoms with E-state index >= 15 is 0 Å². The molecular weight excluding hydrogens is 299 g/mol. The molecular formula is C17H17FN2O3. The molecule has 2 N–H and O–H groups in total. The van der Waals surface area contributed by atoms with E-state index in [0.717, 1.165) is 11.0 Å². The Hall–Kier alpha value is -2.44. The van der Waals surface area contributed by atoms with Crippen LogP contribution in [0.5, 0.6) is 5.75 Å². The Morgan fingerprint density at radius 1 is 1.13 bits per heavy atom. The zero-order valence-electron chi connectivity index (χ0n) is 12.4. The van der Waals surface area contributed by atoms with Gasteiger partial charge in [0.1, 0.15) is 36.7 Å². The van der Waals surface area contributed by atoms with Gasteiger partial charge < -0.3 is 19.5 Å². The third-order valence-corrected chi connectivity index (χ3v) is 3.52. The van der Waals surface area contributed by atoms with E-state index < -0.39 is 6.10 Å². The van der Waals surface area contributed by atoms with Crippen LogP contribution in [0.25, 0.3) is 11.0 Å². The van der Waals surface area contributed by atoms with Crippen molar-refractivity contribution in [1.82, 2.24) is 9.55 Å². The van der Waals surface area contributed by atoms with Gasteiger partial charge in [0.05, 0.1) is 17.6 Å². The van der Waals surface area contributed by atoms with Crippen molar-refractivity contribution in [2.45, 2.75) is 19.3 Å². The fraction of sp³-hybridized carbons (Fsp3) is 0.235. The van der Waals surface area contributed by atoms with Crippen LogP contribution < -0.4 is 4.74 Å². The van der Waals surface area contributed by atoms with E-state index in [-0.39, 0.29) is 25.6 Å². The zero-order valence-corrected chi connectivity index (χ0v) is 12.4.